The molecule has 0 fully saturated rings. The molecule has 0 atom stereocenters. The largest absolute Gasteiger partial charge is 0.337 e. The van der Waals surface area contributed by atoms with Gasteiger partial charge in [0, 0.05) is 54.8 Å². The van der Waals surface area contributed by atoms with E-state index in [0.29, 0.717) is 12.4 Å². The monoisotopic (exact) mass is 440 g/mol. The Morgan fingerprint density at radius 2 is 2.00 bits per heavy atom. The minimum atomic E-state index is 0.644. The maximum atomic E-state index is 5.87. The molecule has 0 bridgehead atoms. The van der Waals surface area contributed by atoms with E-state index < -0.39 is 0 Å². The summed E-state index contributed by atoms with van der Waals surface area (Å²) >= 11 is 0. The summed E-state index contributed by atoms with van der Waals surface area (Å²) in [5, 5.41) is 8.39. The zero-order valence-electron chi connectivity index (χ0n) is 17.9. The first kappa shape index (κ1) is 19.7. The molecule has 3 aromatic heterocycles. The second-order valence-corrected chi connectivity index (χ2v) is 8.04. The van der Waals surface area contributed by atoms with Gasteiger partial charge in [0.15, 0.2) is 11.5 Å². The number of aromatic nitrogens is 5. The summed E-state index contributed by atoms with van der Waals surface area (Å²) in [5.74, 6) is 6.58. The summed E-state index contributed by atoms with van der Waals surface area (Å²) in [4.78, 5) is 13.8. The summed E-state index contributed by atoms with van der Waals surface area (Å²) in [7, 11) is 0. The molecule has 4 aromatic rings. The topological polar surface area (TPSA) is 113 Å². The molecule has 2 aliphatic rings. The van der Waals surface area contributed by atoms with E-state index in [4.69, 9.17) is 15.8 Å². The van der Waals surface area contributed by atoms with Crippen molar-refractivity contribution in [3.63, 3.8) is 0 Å². The van der Waals surface area contributed by atoms with Crippen LogP contribution in [-0.4, -0.2) is 48.7 Å². The SMILES string of the molecule is NN1C=C(c2cnc3c(Nc4ccc(-n5ccnc5)cc4)nc(C4=CCCNC4)cn23)CN1. The first-order chi connectivity index (χ1) is 16.2. The number of nitrogens with one attached hydrogen (secondary N) is 3. The summed E-state index contributed by atoms with van der Waals surface area (Å²) < 4.78 is 4.06. The molecular weight excluding hydrogens is 416 g/mol. The average Bonchev–Trinajstić information content (AvgIpc) is 3.61. The van der Waals surface area contributed by atoms with Crippen molar-refractivity contribution in [2.45, 2.75) is 6.42 Å². The first-order valence-corrected chi connectivity index (χ1v) is 10.9. The highest BCUT2D eigenvalue weighted by Crippen LogP contribution is 2.27. The van der Waals surface area contributed by atoms with Gasteiger partial charge in [0.05, 0.1) is 23.9 Å². The molecule has 0 saturated heterocycles. The fourth-order valence-corrected chi connectivity index (χ4v) is 4.16. The molecule has 0 saturated carbocycles. The standard InChI is InChI=1S/C23H24N10/c24-33-13-17(11-28-33)21-12-27-23-22(30-20(14-32(21)23)16-2-1-7-25-10-16)29-18-3-5-19(6-4-18)31-9-8-26-15-31/h2-6,8-9,12-15,25,28H,1,7,10-11,24H2,(H,29,30). The van der Waals surface area contributed by atoms with Crippen molar-refractivity contribution < 1.29 is 0 Å². The van der Waals surface area contributed by atoms with Crippen LogP contribution >= 0.6 is 0 Å². The Labute approximate surface area is 190 Å². The quantitative estimate of drug-likeness (QED) is 0.349. The van der Waals surface area contributed by atoms with Gasteiger partial charge in [-0.25, -0.2) is 26.2 Å². The van der Waals surface area contributed by atoms with E-state index in [9.17, 15) is 0 Å². The van der Waals surface area contributed by atoms with Crippen molar-refractivity contribution in [2.24, 2.45) is 5.84 Å². The van der Waals surface area contributed by atoms with Crippen LogP contribution in [0.15, 0.2) is 67.7 Å². The molecule has 0 amide bonds. The Morgan fingerprint density at radius 1 is 1.09 bits per heavy atom. The van der Waals surface area contributed by atoms with Crippen LogP contribution < -0.4 is 21.9 Å². The lowest BCUT2D eigenvalue weighted by molar-refractivity contribution is 0.319. The third kappa shape index (κ3) is 3.76. The van der Waals surface area contributed by atoms with Crippen molar-refractivity contribution >= 4 is 28.3 Å². The average molecular weight is 441 g/mol. The summed E-state index contributed by atoms with van der Waals surface area (Å²) in [6.45, 7) is 2.43. The molecule has 10 heteroatoms. The highest BCUT2D eigenvalue weighted by atomic mass is 15.7. The Kier molecular flexibility index (Phi) is 4.87. The second kappa shape index (κ2) is 8.17. The van der Waals surface area contributed by atoms with Crippen molar-refractivity contribution in [2.75, 3.05) is 25.0 Å². The van der Waals surface area contributed by atoms with Crippen LogP contribution in [0, 0.1) is 0 Å². The van der Waals surface area contributed by atoms with Crippen molar-refractivity contribution in [3.8, 4) is 5.69 Å². The van der Waals surface area contributed by atoms with Crippen LogP contribution in [-0.2, 0) is 0 Å². The van der Waals surface area contributed by atoms with Gasteiger partial charge < -0.3 is 15.2 Å². The zero-order valence-corrected chi connectivity index (χ0v) is 17.9. The number of benzene rings is 1. The molecule has 33 heavy (non-hydrogen) atoms. The fraction of sp³-hybridized carbons (Fsp3) is 0.174. The van der Waals surface area contributed by atoms with Crippen molar-refractivity contribution in [1.29, 1.82) is 0 Å². The van der Waals surface area contributed by atoms with E-state index in [1.54, 1.807) is 12.5 Å². The number of nitrogens with zero attached hydrogens (tertiary/aromatic N) is 6. The second-order valence-electron chi connectivity index (χ2n) is 8.04. The molecule has 2 aliphatic heterocycles. The third-order valence-electron chi connectivity index (χ3n) is 5.86. The Balaban J connectivity index is 1.41. The summed E-state index contributed by atoms with van der Waals surface area (Å²) in [6.07, 6.45) is 14.5. The molecule has 1 aromatic carbocycles. The smallest absolute Gasteiger partial charge is 0.180 e. The lowest BCUT2D eigenvalue weighted by Gasteiger charge is -2.16. The number of hydrazine groups is 2. The maximum absolute atomic E-state index is 5.87. The van der Waals surface area contributed by atoms with Gasteiger partial charge in [0.2, 0.25) is 0 Å². The Bertz CT molecular complexity index is 1350. The van der Waals surface area contributed by atoms with Gasteiger partial charge in [-0.3, -0.25) is 9.52 Å². The van der Waals surface area contributed by atoms with E-state index in [0.717, 1.165) is 53.5 Å². The van der Waals surface area contributed by atoms with Gasteiger partial charge in [-0.15, -0.1) is 0 Å². The lowest BCUT2D eigenvalue weighted by atomic mass is 10.1. The highest BCUT2D eigenvalue weighted by molar-refractivity contribution is 5.77. The molecule has 5 heterocycles. The fourth-order valence-electron chi connectivity index (χ4n) is 4.16. The summed E-state index contributed by atoms with van der Waals surface area (Å²) in [6, 6.07) is 8.14. The van der Waals surface area contributed by atoms with Crippen molar-refractivity contribution in [3.05, 3.63) is 79.0 Å². The van der Waals surface area contributed by atoms with Gasteiger partial charge in [-0.05, 0) is 42.8 Å². The Hall–Kier alpha value is -3.99. The number of hydrogen-bond acceptors (Lipinski definition) is 8. The predicted molar refractivity (Wildman–Crippen MR) is 127 cm³/mol. The van der Waals surface area contributed by atoms with E-state index in [2.05, 4.69) is 37.7 Å². The zero-order chi connectivity index (χ0) is 22.2. The van der Waals surface area contributed by atoms with Gasteiger partial charge in [0.25, 0.3) is 0 Å². The molecule has 0 radical (unpaired) electrons. The molecule has 6 rings (SSSR count). The van der Waals surface area contributed by atoms with E-state index in [1.807, 2.05) is 47.4 Å². The molecule has 0 spiro atoms. The Morgan fingerprint density at radius 3 is 2.73 bits per heavy atom. The first-order valence-electron chi connectivity index (χ1n) is 10.9. The minimum absolute atomic E-state index is 0.644. The van der Waals surface area contributed by atoms with Crippen LogP contribution in [0.25, 0.3) is 22.5 Å². The van der Waals surface area contributed by atoms with E-state index in [1.165, 1.54) is 10.7 Å². The lowest BCUT2D eigenvalue weighted by Crippen LogP contribution is -2.34. The van der Waals surface area contributed by atoms with Gasteiger partial charge in [-0.1, -0.05) is 6.08 Å². The van der Waals surface area contributed by atoms with Crippen LogP contribution in [0.4, 0.5) is 11.5 Å². The molecule has 166 valence electrons. The van der Waals surface area contributed by atoms with Crippen LogP contribution in [0.1, 0.15) is 17.8 Å². The number of anilines is 2. The molecule has 10 nitrogen and oxygen atoms in total. The number of imidazole rings is 2. The number of fused-ring (bicyclic) bond motifs is 1. The molecule has 0 aliphatic carbocycles. The molecular formula is C23H24N10. The van der Waals surface area contributed by atoms with Crippen LogP contribution in [0.5, 0.6) is 0 Å². The maximum Gasteiger partial charge on any atom is 0.180 e. The number of hydrogen-bond donors (Lipinski definition) is 4. The highest BCUT2D eigenvalue weighted by Gasteiger charge is 2.19. The van der Waals surface area contributed by atoms with E-state index in [-0.39, 0.29) is 0 Å². The van der Waals surface area contributed by atoms with E-state index >= 15 is 0 Å². The predicted octanol–water partition coefficient (Wildman–Crippen LogP) is 2.07. The minimum Gasteiger partial charge on any atom is -0.337 e. The van der Waals surface area contributed by atoms with Crippen LogP contribution in [0.2, 0.25) is 0 Å². The summed E-state index contributed by atoms with van der Waals surface area (Å²) in [5.41, 5.74) is 9.97. The van der Waals surface area contributed by atoms with Gasteiger partial charge in [0.1, 0.15) is 0 Å². The van der Waals surface area contributed by atoms with Crippen molar-refractivity contribution in [1.82, 2.24) is 39.8 Å². The van der Waals surface area contributed by atoms with Gasteiger partial charge >= 0.3 is 0 Å². The number of nitrogens with two attached hydrogens (primary N) is 1. The normalized spacial score (nSPS) is 16.2. The molecule has 0 unspecified atom stereocenters. The number of rotatable bonds is 5. The van der Waals surface area contributed by atoms with Gasteiger partial charge in [-0.2, -0.15) is 0 Å². The third-order valence-corrected chi connectivity index (χ3v) is 5.86. The molecule has 5 N–H and O–H groups in total. The van der Waals surface area contributed by atoms with Crippen LogP contribution in [0.3, 0.4) is 0 Å².